The average molecular weight is 615 g/mol. The minimum Gasteiger partial charge on any atom is -0.486 e. The van der Waals surface area contributed by atoms with E-state index in [0.29, 0.717) is 59.0 Å². The molecule has 0 radical (unpaired) electrons. The molecule has 1 atom stereocenters. The molecule has 2 amide bonds. The van der Waals surface area contributed by atoms with Crippen molar-refractivity contribution in [1.29, 1.82) is 0 Å². The van der Waals surface area contributed by atoms with Crippen molar-refractivity contribution in [2.45, 2.75) is 52.6 Å². The van der Waals surface area contributed by atoms with Crippen LogP contribution in [0.25, 0.3) is 0 Å². The van der Waals surface area contributed by atoms with E-state index >= 15 is 0 Å². The molecule has 1 aliphatic heterocycles. The first-order valence-electron chi connectivity index (χ1n) is 13.3. The Morgan fingerprint density at radius 1 is 1.05 bits per heavy atom. The number of hydrogen-bond acceptors (Lipinski definition) is 6. The van der Waals surface area contributed by atoms with E-state index in [1.54, 1.807) is 36.4 Å². The van der Waals surface area contributed by atoms with Crippen molar-refractivity contribution < 1.29 is 27.5 Å². The molecular weight excluding hydrogens is 577 g/mol. The summed E-state index contributed by atoms with van der Waals surface area (Å²) in [4.78, 5) is 28.2. The van der Waals surface area contributed by atoms with Crippen molar-refractivity contribution in [3.8, 4) is 11.5 Å². The molecule has 2 aromatic rings. The highest BCUT2D eigenvalue weighted by Gasteiger charge is 2.30. The molecule has 40 heavy (non-hydrogen) atoms. The van der Waals surface area contributed by atoms with E-state index in [4.69, 9.17) is 32.7 Å². The predicted molar refractivity (Wildman–Crippen MR) is 158 cm³/mol. The average Bonchev–Trinajstić information content (AvgIpc) is 2.90. The highest BCUT2D eigenvalue weighted by Crippen LogP contribution is 2.35. The number of rotatable bonds is 13. The van der Waals surface area contributed by atoms with Crippen LogP contribution in [0.5, 0.6) is 11.5 Å². The molecule has 220 valence electrons. The minimum absolute atomic E-state index is 0.00655. The third-order valence-corrected chi connectivity index (χ3v) is 8.33. The van der Waals surface area contributed by atoms with Crippen molar-refractivity contribution in [3.63, 3.8) is 0 Å². The molecule has 0 aliphatic carbocycles. The molecule has 3 rings (SSSR count). The van der Waals surface area contributed by atoms with Gasteiger partial charge in [-0.25, -0.2) is 8.42 Å². The number of sulfonamides is 1. The summed E-state index contributed by atoms with van der Waals surface area (Å²) in [5.74, 6) is 0.689. The molecule has 9 nitrogen and oxygen atoms in total. The first-order valence-corrected chi connectivity index (χ1v) is 15.9. The van der Waals surface area contributed by atoms with E-state index in [2.05, 4.69) is 5.32 Å². The Hall–Kier alpha value is -2.69. The van der Waals surface area contributed by atoms with Crippen LogP contribution in [0.2, 0.25) is 10.0 Å². The lowest BCUT2D eigenvalue weighted by molar-refractivity contribution is -0.141. The van der Waals surface area contributed by atoms with Gasteiger partial charge in [0, 0.05) is 47.7 Å². The van der Waals surface area contributed by atoms with Gasteiger partial charge in [-0.1, -0.05) is 50.0 Å². The van der Waals surface area contributed by atoms with E-state index in [9.17, 15) is 18.0 Å². The zero-order valence-corrected chi connectivity index (χ0v) is 25.6. The Morgan fingerprint density at radius 2 is 1.70 bits per heavy atom. The highest BCUT2D eigenvalue weighted by atomic mass is 35.5. The molecule has 0 saturated carbocycles. The number of benzene rings is 2. The summed E-state index contributed by atoms with van der Waals surface area (Å²) in [5.41, 5.74) is 0.960. The number of carbonyl (C=O) groups is 2. The van der Waals surface area contributed by atoms with Crippen molar-refractivity contribution in [1.82, 2.24) is 10.2 Å². The van der Waals surface area contributed by atoms with E-state index in [-0.39, 0.29) is 43.7 Å². The quantitative estimate of drug-likeness (QED) is 0.345. The summed E-state index contributed by atoms with van der Waals surface area (Å²) < 4.78 is 37.7. The van der Waals surface area contributed by atoms with Gasteiger partial charge in [0.2, 0.25) is 21.8 Å². The maximum Gasteiger partial charge on any atom is 0.242 e. The van der Waals surface area contributed by atoms with Gasteiger partial charge in [0.25, 0.3) is 0 Å². The first kappa shape index (κ1) is 31.8. The van der Waals surface area contributed by atoms with Crippen molar-refractivity contribution in [2.24, 2.45) is 5.92 Å². The molecule has 0 spiro atoms. The van der Waals surface area contributed by atoms with Gasteiger partial charge in [-0.3, -0.25) is 13.9 Å². The molecule has 0 unspecified atom stereocenters. The van der Waals surface area contributed by atoms with Crippen molar-refractivity contribution in [2.75, 3.05) is 36.9 Å². The van der Waals surface area contributed by atoms with E-state index in [1.165, 1.54) is 9.21 Å². The second-order valence-electron chi connectivity index (χ2n) is 10.1. The standard InChI is InChI=1S/C28H37Cl2N3O6S/c1-5-24(28(35)31-17-19(2)3)32(18-21-22(29)8-6-9-23(21)30)27(34)10-7-13-33(40(4,36)37)20-11-12-25-26(16-20)39-15-14-38-25/h6,8-9,11-12,16,19,24H,5,7,10,13-15,17-18H2,1-4H3,(H,31,35)/t24-/m1/s1. The van der Waals surface area contributed by atoms with Crippen LogP contribution in [0.15, 0.2) is 36.4 Å². The number of anilines is 1. The SMILES string of the molecule is CC[C@H](C(=O)NCC(C)C)N(Cc1c(Cl)cccc1Cl)C(=O)CCCN(c1ccc2c(c1)OCCO2)S(C)(=O)=O. The van der Waals surface area contributed by atoms with Crippen molar-refractivity contribution >= 4 is 50.7 Å². The summed E-state index contributed by atoms with van der Waals surface area (Å²) in [6.45, 7) is 7.19. The van der Waals surface area contributed by atoms with Crippen LogP contribution in [-0.2, 0) is 26.2 Å². The number of nitrogens with zero attached hydrogens (tertiary/aromatic N) is 2. The predicted octanol–water partition coefficient (Wildman–Crippen LogP) is 4.89. The molecule has 0 fully saturated rings. The van der Waals surface area contributed by atoms with E-state index in [0.717, 1.165) is 6.26 Å². The van der Waals surface area contributed by atoms with Gasteiger partial charge in [-0.15, -0.1) is 0 Å². The van der Waals surface area contributed by atoms with Crippen LogP contribution in [0.1, 0.15) is 45.6 Å². The van der Waals surface area contributed by atoms with Crippen LogP contribution in [0, 0.1) is 5.92 Å². The minimum atomic E-state index is -3.66. The lowest BCUT2D eigenvalue weighted by atomic mass is 10.1. The molecule has 1 aliphatic rings. The van der Waals surface area contributed by atoms with Crippen molar-refractivity contribution in [3.05, 3.63) is 52.0 Å². The third-order valence-electron chi connectivity index (χ3n) is 6.43. The van der Waals surface area contributed by atoms with Crippen LogP contribution in [0.4, 0.5) is 5.69 Å². The monoisotopic (exact) mass is 613 g/mol. The Bertz CT molecular complexity index is 1280. The molecule has 2 aromatic carbocycles. The summed E-state index contributed by atoms with van der Waals surface area (Å²) in [6.07, 6.45) is 1.72. The molecule has 1 N–H and O–H groups in total. The van der Waals surface area contributed by atoms with Gasteiger partial charge in [-0.2, -0.15) is 0 Å². The topological polar surface area (TPSA) is 105 Å². The number of amides is 2. The molecule has 0 bridgehead atoms. The summed E-state index contributed by atoms with van der Waals surface area (Å²) >= 11 is 12.8. The zero-order valence-electron chi connectivity index (χ0n) is 23.3. The second kappa shape index (κ2) is 14.3. The number of halogens is 2. The highest BCUT2D eigenvalue weighted by molar-refractivity contribution is 7.92. The van der Waals surface area contributed by atoms with Gasteiger partial charge < -0.3 is 19.7 Å². The van der Waals surface area contributed by atoms with Gasteiger partial charge >= 0.3 is 0 Å². The first-order chi connectivity index (χ1) is 18.9. The van der Waals surface area contributed by atoms with Crippen LogP contribution in [-0.4, -0.2) is 63.7 Å². The maximum absolute atomic E-state index is 13.6. The summed E-state index contributed by atoms with van der Waals surface area (Å²) in [6, 6.07) is 9.27. The van der Waals surface area contributed by atoms with Crippen LogP contribution < -0.4 is 19.1 Å². The number of nitrogens with one attached hydrogen (secondary N) is 1. The maximum atomic E-state index is 13.6. The lowest BCUT2D eigenvalue weighted by Crippen LogP contribution is -2.49. The summed E-state index contributed by atoms with van der Waals surface area (Å²) in [5, 5.41) is 3.70. The molecule has 0 aromatic heterocycles. The lowest BCUT2D eigenvalue weighted by Gasteiger charge is -2.32. The smallest absolute Gasteiger partial charge is 0.242 e. The molecule has 12 heteroatoms. The Morgan fingerprint density at radius 3 is 2.30 bits per heavy atom. The van der Waals surface area contributed by atoms with Gasteiger partial charge in [0.1, 0.15) is 19.3 Å². The number of carbonyl (C=O) groups excluding carboxylic acids is 2. The van der Waals surface area contributed by atoms with Gasteiger partial charge in [0.05, 0.1) is 11.9 Å². The molecule has 0 saturated heterocycles. The Kier molecular flexibility index (Phi) is 11.4. The fourth-order valence-corrected chi connectivity index (χ4v) is 5.86. The second-order valence-corrected chi connectivity index (χ2v) is 12.8. The zero-order chi connectivity index (χ0) is 29.4. The molecule has 1 heterocycles. The largest absolute Gasteiger partial charge is 0.486 e. The summed E-state index contributed by atoms with van der Waals surface area (Å²) in [7, 11) is -3.66. The van der Waals surface area contributed by atoms with E-state index < -0.39 is 16.1 Å². The van der Waals surface area contributed by atoms with Crippen LogP contribution in [0.3, 0.4) is 0 Å². The fraction of sp³-hybridized carbons (Fsp3) is 0.500. The van der Waals surface area contributed by atoms with Gasteiger partial charge in [-0.05, 0) is 43.0 Å². The van der Waals surface area contributed by atoms with Crippen LogP contribution >= 0.6 is 23.2 Å². The molecular formula is C28H37Cl2N3O6S. The Balaban J connectivity index is 1.80. The van der Waals surface area contributed by atoms with E-state index in [1.807, 2.05) is 20.8 Å². The Labute approximate surface area is 246 Å². The number of ether oxygens (including phenoxy) is 2. The fourth-order valence-electron chi connectivity index (χ4n) is 4.39. The van der Waals surface area contributed by atoms with Gasteiger partial charge in [0.15, 0.2) is 11.5 Å². The normalized spacial score (nSPS) is 13.6. The number of hydrogen-bond donors (Lipinski definition) is 1. The number of fused-ring (bicyclic) bond motifs is 1. The third kappa shape index (κ3) is 8.41.